The van der Waals surface area contributed by atoms with Crippen molar-refractivity contribution >= 4 is 0 Å². The predicted octanol–water partition coefficient (Wildman–Crippen LogP) is 1.21. The van der Waals surface area contributed by atoms with Crippen LogP contribution < -0.4 is 5.32 Å². The summed E-state index contributed by atoms with van der Waals surface area (Å²) < 4.78 is 11.3. The molecule has 2 rings (SSSR count). The van der Waals surface area contributed by atoms with E-state index in [2.05, 4.69) is 17.1 Å². The van der Waals surface area contributed by atoms with Crippen molar-refractivity contribution in [3.05, 3.63) is 0 Å². The zero-order chi connectivity index (χ0) is 12.3. The standard InChI is InChI=1S/C13H26N2O2/c1-11(15-6-4-5-7-15)8-14-12-9-16-13(2,3)17-10-12/h11-12,14H,4-10H2,1-3H3. The van der Waals surface area contributed by atoms with E-state index < -0.39 is 5.79 Å². The first kappa shape index (κ1) is 13.3. The lowest BCUT2D eigenvalue weighted by Gasteiger charge is -2.36. The van der Waals surface area contributed by atoms with Gasteiger partial charge in [-0.3, -0.25) is 4.90 Å². The summed E-state index contributed by atoms with van der Waals surface area (Å²) in [6.45, 7) is 11.3. The third kappa shape index (κ3) is 3.91. The smallest absolute Gasteiger partial charge is 0.162 e. The van der Waals surface area contributed by atoms with Crippen LogP contribution in [0.25, 0.3) is 0 Å². The minimum Gasteiger partial charge on any atom is -0.349 e. The van der Waals surface area contributed by atoms with Gasteiger partial charge < -0.3 is 14.8 Å². The zero-order valence-corrected chi connectivity index (χ0v) is 11.4. The van der Waals surface area contributed by atoms with Gasteiger partial charge in [-0.2, -0.15) is 0 Å². The summed E-state index contributed by atoms with van der Waals surface area (Å²) in [4.78, 5) is 2.56. The molecule has 1 N–H and O–H groups in total. The van der Waals surface area contributed by atoms with Gasteiger partial charge in [0, 0.05) is 12.6 Å². The molecule has 0 aromatic heterocycles. The molecule has 0 radical (unpaired) electrons. The van der Waals surface area contributed by atoms with E-state index in [1.807, 2.05) is 13.8 Å². The molecule has 0 amide bonds. The van der Waals surface area contributed by atoms with Crippen LogP contribution >= 0.6 is 0 Å². The summed E-state index contributed by atoms with van der Waals surface area (Å²) in [5.41, 5.74) is 0. The van der Waals surface area contributed by atoms with Crippen molar-refractivity contribution < 1.29 is 9.47 Å². The molecule has 1 atom stereocenters. The summed E-state index contributed by atoms with van der Waals surface area (Å²) in [5.74, 6) is -0.404. The molecule has 2 heterocycles. The maximum Gasteiger partial charge on any atom is 0.162 e. The van der Waals surface area contributed by atoms with E-state index in [0.29, 0.717) is 12.1 Å². The Morgan fingerprint density at radius 1 is 1.24 bits per heavy atom. The normalized spacial score (nSPS) is 28.4. The maximum absolute atomic E-state index is 5.64. The Labute approximate surface area is 105 Å². The van der Waals surface area contributed by atoms with Crippen LogP contribution in [0.15, 0.2) is 0 Å². The highest BCUT2D eigenvalue weighted by molar-refractivity contribution is 4.78. The van der Waals surface area contributed by atoms with Crippen LogP contribution in [0.3, 0.4) is 0 Å². The molecule has 100 valence electrons. The quantitative estimate of drug-likeness (QED) is 0.803. The average Bonchev–Trinajstić information content (AvgIpc) is 2.80. The SMILES string of the molecule is CC(CNC1COC(C)(C)OC1)N1CCCC1. The first-order valence-electron chi connectivity index (χ1n) is 6.82. The van der Waals surface area contributed by atoms with Gasteiger partial charge in [-0.15, -0.1) is 0 Å². The van der Waals surface area contributed by atoms with E-state index in [0.717, 1.165) is 19.8 Å². The second-order valence-corrected chi connectivity index (χ2v) is 5.72. The topological polar surface area (TPSA) is 33.7 Å². The second kappa shape index (κ2) is 5.65. The summed E-state index contributed by atoms with van der Waals surface area (Å²) >= 11 is 0. The Bertz CT molecular complexity index is 230. The van der Waals surface area contributed by atoms with E-state index in [9.17, 15) is 0 Å². The van der Waals surface area contributed by atoms with Crippen molar-refractivity contribution in [1.82, 2.24) is 10.2 Å². The van der Waals surface area contributed by atoms with Crippen molar-refractivity contribution in [3.63, 3.8) is 0 Å². The monoisotopic (exact) mass is 242 g/mol. The van der Waals surface area contributed by atoms with E-state index in [-0.39, 0.29) is 0 Å². The molecule has 0 bridgehead atoms. The number of likely N-dealkylation sites (tertiary alicyclic amines) is 1. The molecular formula is C13H26N2O2. The van der Waals surface area contributed by atoms with Gasteiger partial charge in [0.1, 0.15) is 0 Å². The van der Waals surface area contributed by atoms with Crippen LogP contribution in [-0.2, 0) is 9.47 Å². The van der Waals surface area contributed by atoms with Crippen molar-refractivity contribution in [1.29, 1.82) is 0 Å². The molecule has 0 spiro atoms. The van der Waals surface area contributed by atoms with Crippen molar-refractivity contribution in [2.45, 2.75) is 51.5 Å². The number of nitrogens with one attached hydrogen (secondary N) is 1. The van der Waals surface area contributed by atoms with Gasteiger partial charge in [0.2, 0.25) is 0 Å². The molecule has 1 unspecified atom stereocenters. The molecule has 2 aliphatic rings. The van der Waals surface area contributed by atoms with Crippen molar-refractivity contribution in [2.24, 2.45) is 0 Å². The highest BCUT2D eigenvalue weighted by atomic mass is 16.7. The Hall–Kier alpha value is -0.160. The van der Waals surface area contributed by atoms with Crippen molar-refractivity contribution in [3.8, 4) is 0 Å². The van der Waals surface area contributed by atoms with Crippen molar-refractivity contribution in [2.75, 3.05) is 32.8 Å². The minimum absolute atomic E-state index is 0.341. The van der Waals surface area contributed by atoms with Gasteiger partial charge in [0.15, 0.2) is 5.79 Å². The van der Waals surface area contributed by atoms with Gasteiger partial charge in [-0.25, -0.2) is 0 Å². The molecule has 17 heavy (non-hydrogen) atoms. The second-order valence-electron chi connectivity index (χ2n) is 5.72. The summed E-state index contributed by atoms with van der Waals surface area (Å²) in [5, 5.41) is 3.54. The van der Waals surface area contributed by atoms with Crippen LogP contribution in [0.1, 0.15) is 33.6 Å². The molecule has 2 aliphatic heterocycles. The van der Waals surface area contributed by atoms with Gasteiger partial charge in [0.25, 0.3) is 0 Å². The highest BCUT2D eigenvalue weighted by Gasteiger charge is 2.28. The Kier molecular flexibility index (Phi) is 4.42. The molecule has 4 heteroatoms. The van der Waals surface area contributed by atoms with E-state index in [4.69, 9.17) is 9.47 Å². The number of hydrogen-bond donors (Lipinski definition) is 1. The number of rotatable bonds is 4. The summed E-state index contributed by atoms with van der Waals surface area (Å²) in [6, 6.07) is 0.959. The highest BCUT2D eigenvalue weighted by Crippen LogP contribution is 2.17. The third-order valence-electron chi connectivity index (χ3n) is 3.73. The fourth-order valence-electron chi connectivity index (χ4n) is 2.46. The van der Waals surface area contributed by atoms with Gasteiger partial charge >= 0.3 is 0 Å². The lowest BCUT2D eigenvalue weighted by Crippen LogP contribution is -2.51. The first-order chi connectivity index (χ1) is 8.07. The Morgan fingerprint density at radius 2 is 1.82 bits per heavy atom. The minimum atomic E-state index is -0.404. The van der Waals surface area contributed by atoms with Gasteiger partial charge in [-0.1, -0.05) is 0 Å². The Morgan fingerprint density at radius 3 is 2.41 bits per heavy atom. The van der Waals surface area contributed by atoms with E-state index in [1.165, 1.54) is 25.9 Å². The molecule has 4 nitrogen and oxygen atoms in total. The Balaban J connectivity index is 1.65. The first-order valence-corrected chi connectivity index (χ1v) is 6.82. The molecule has 2 saturated heterocycles. The zero-order valence-electron chi connectivity index (χ0n) is 11.4. The molecule has 0 aromatic carbocycles. The lowest BCUT2D eigenvalue weighted by molar-refractivity contribution is -0.253. The average molecular weight is 242 g/mol. The van der Waals surface area contributed by atoms with Crippen LogP contribution in [0, 0.1) is 0 Å². The fraction of sp³-hybridized carbons (Fsp3) is 1.00. The van der Waals surface area contributed by atoms with Crippen LogP contribution in [0.5, 0.6) is 0 Å². The fourth-order valence-corrected chi connectivity index (χ4v) is 2.46. The van der Waals surface area contributed by atoms with E-state index in [1.54, 1.807) is 0 Å². The summed E-state index contributed by atoms with van der Waals surface area (Å²) in [7, 11) is 0. The summed E-state index contributed by atoms with van der Waals surface area (Å²) in [6.07, 6.45) is 2.71. The number of nitrogens with zero attached hydrogens (tertiary/aromatic N) is 1. The lowest BCUT2D eigenvalue weighted by atomic mass is 10.2. The number of ether oxygens (including phenoxy) is 2. The van der Waals surface area contributed by atoms with Crippen LogP contribution in [0.4, 0.5) is 0 Å². The van der Waals surface area contributed by atoms with Crippen LogP contribution in [0.2, 0.25) is 0 Å². The molecule has 0 aromatic rings. The molecule has 0 saturated carbocycles. The third-order valence-corrected chi connectivity index (χ3v) is 3.73. The molecule has 0 aliphatic carbocycles. The van der Waals surface area contributed by atoms with Gasteiger partial charge in [0.05, 0.1) is 19.3 Å². The van der Waals surface area contributed by atoms with Gasteiger partial charge in [-0.05, 0) is 46.7 Å². The van der Waals surface area contributed by atoms with E-state index >= 15 is 0 Å². The molecular weight excluding hydrogens is 216 g/mol. The largest absolute Gasteiger partial charge is 0.349 e. The number of hydrogen-bond acceptors (Lipinski definition) is 4. The van der Waals surface area contributed by atoms with Crippen LogP contribution in [-0.4, -0.2) is 55.6 Å². The molecule has 2 fully saturated rings. The maximum atomic E-state index is 5.64. The predicted molar refractivity (Wildman–Crippen MR) is 68.0 cm³/mol.